The number of hydrogen-bond acceptors (Lipinski definition) is 3. The molecule has 2 N–H and O–H groups in total. The third-order valence-electron chi connectivity index (χ3n) is 4.85. The molecule has 0 saturated carbocycles. The number of guanidine groups is 1. The molecule has 1 aromatic carbocycles. The molecule has 0 radical (unpaired) electrons. The molecule has 0 bridgehead atoms. The molecule has 2 rings (SSSR count). The van der Waals surface area contributed by atoms with Crippen molar-refractivity contribution in [1.29, 1.82) is 0 Å². The summed E-state index contributed by atoms with van der Waals surface area (Å²) in [7, 11) is 1.84. The van der Waals surface area contributed by atoms with Crippen LogP contribution in [0.15, 0.2) is 29.3 Å². The van der Waals surface area contributed by atoms with Gasteiger partial charge in [-0.1, -0.05) is 38.1 Å². The van der Waals surface area contributed by atoms with E-state index in [1.165, 1.54) is 17.5 Å². The largest absolute Gasteiger partial charge is 0.379 e. The van der Waals surface area contributed by atoms with Gasteiger partial charge in [0.25, 0.3) is 0 Å². The van der Waals surface area contributed by atoms with Gasteiger partial charge in [0.2, 0.25) is 0 Å². The molecule has 1 saturated heterocycles. The van der Waals surface area contributed by atoms with Gasteiger partial charge in [-0.3, -0.25) is 9.89 Å². The number of benzene rings is 1. The van der Waals surface area contributed by atoms with E-state index in [0.29, 0.717) is 6.04 Å². The molecule has 1 aliphatic heterocycles. The zero-order valence-corrected chi connectivity index (χ0v) is 19.7. The lowest BCUT2D eigenvalue weighted by Crippen LogP contribution is -2.42. The summed E-state index contributed by atoms with van der Waals surface area (Å²) < 4.78 is 5.45. The van der Waals surface area contributed by atoms with Crippen LogP contribution in [0, 0.1) is 5.92 Å². The van der Waals surface area contributed by atoms with Crippen LogP contribution in [0.5, 0.6) is 0 Å². The maximum absolute atomic E-state index is 5.45. The highest BCUT2D eigenvalue weighted by atomic mass is 127. The van der Waals surface area contributed by atoms with Crippen molar-refractivity contribution in [3.05, 3.63) is 35.4 Å². The van der Waals surface area contributed by atoms with E-state index >= 15 is 0 Å². The number of ether oxygens (including phenoxy) is 1. The highest BCUT2D eigenvalue weighted by Gasteiger charge is 2.13. The Morgan fingerprint density at radius 2 is 1.78 bits per heavy atom. The first-order chi connectivity index (χ1) is 12.6. The molecule has 1 aromatic rings. The van der Waals surface area contributed by atoms with Crippen molar-refractivity contribution in [2.75, 3.05) is 33.4 Å². The van der Waals surface area contributed by atoms with Gasteiger partial charge in [0.1, 0.15) is 0 Å². The van der Waals surface area contributed by atoms with E-state index in [1.54, 1.807) is 0 Å². The second-order valence-electron chi connectivity index (χ2n) is 7.60. The average Bonchev–Trinajstić information content (AvgIpc) is 2.65. The number of rotatable bonds is 8. The summed E-state index contributed by atoms with van der Waals surface area (Å²) in [6.07, 6.45) is 2.39. The van der Waals surface area contributed by atoms with E-state index in [2.05, 4.69) is 65.6 Å². The minimum Gasteiger partial charge on any atom is -0.379 e. The molecule has 1 heterocycles. The molecule has 154 valence electrons. The van der Waals surface area contributed by atoms with Gasteiger partial charge >= 0.3 is 0 Å². The zero-order valence-electron chi connectivity index (χ0n) is 17.3. The molecule has 1 aliphatic rings. The van der Waals surface area contributed by atoms with Crippen LogP contribution in [0.1, 0.15) is 44.7 Å². The van der Waals surface area contributed by atoms with Gasteiger partial charge in [0, 0.05) is 39.3 Å². The van der Waals surface area contributed by atoms with E-state index in [0.717, 1.165) is 57.7 Å². The first kappa shape index (κ1) is 24.2. The number of morpholine rings is 1. The Kier molecular flexibility index (Phi) is 11.9. The second-order valence-corrected chi connectivity index (χ2v) is 7.60. The summed E-state index contributed by atoms with van der Waals surface area (Å²) in [5, 5.41) is 6.98. The van der Waals surface area contributed by atoms with E-state index in [9.17, 15) is 0 Å². The van der Waals surface area contributed by atoms with Gasteiger partial charge in [-0.2, -0.15) is 0 Å². The molecule has 27 heavy (non-hydrogen) atoms. The highest BCUT2D eigenvalue weighted by molar-refractivity contribution is 14.0. The van der Waals surface area contributed by atoms with Gasteiger partial charge in [-0.05, 0) is 36.8 Å². The zero-order chi connectivity index (χ0) is 18.8. The number of halogens is 1. The van der Waals surface area contributed by atoms with Crippen molar-refractivity contribution in [3.63, 3.8) is 0 Å². The molecular formula is C21H37IN4O. The Morgan fingerprint density at radius 3 is 2.41 bits per heavy atom. The van der Waals surface area contributed by atoms with Gasteiger partial charge < -0.3 is 15.4 Å². The van der Waals surface area contributed by atoms with Crippen LogP contribution >= 0.6 is 24.0 Å². The maximum Gasteiger partial charge on any atom is 0.191 e. The van der Waals surface area contributed by atoms with Crippen LogP contribution in [-0.2, 0) is 17.8 Å². The van der Waals surface area contributed by atoms with Crippen LogP contribution in [0.25, 0.3) is 0 Å². The van der Waals surface area contributed by atoms with Gasteiger partial charge in [0.15, 0.2) is 5.96 Å². The fourth-order valence-electron chi connectivity index (χ4n) is 3.15. The SMILES string of the molecule is CN=C(NCc1ccccc1CN1CCOCC1)NC(C)CCC(C)C.I. The van der Waals surface area contributed by atoms with Crippen LogP contribution in [0.2, 0.25) is 0 Å². The van der Waals surface area contributed by atoms with Gasteiger partial charge in [-0.15, -0.1) is 24.0 Å². The quantitative estimate of drug-likeness (QED) is 0.334. The number of hydrogen-bond donors (Lipinski definition) is 2. The molecule has 1 fully saturated rings. The normalized spacial score (nSPS) is 16.7. The second kappa shape index (κ2) is 13.3. The monoisotopic (exact) mass is 488 g/mol. The van der Waals surface area contributed by atoms with Crippen molar-refractivity contribution < 1.29 is 4.74 Å². The lowest BCUT2D eigenvalue weighted by Gasteiger charge is -2.27. The third-order valence-corrected chi connectivity index (χ3v) is 4.85. The summed E-state index contributed by atoms with van der Waals surface area (Å²) in [6, 6.07) is 9.10. The van der Waals surface area contributed by atoms with Crippen LogP contribution in [0.4, 0.5) is 0 Å². The summed E-state index contributed by atoms with van der Waals surface area (Å²) in [6.45, 7) is 12.2. The topological polar surface area (TPSA) is 48.9 Å². The van der Waals surface area contributed by atoms with E-state index in [4.69, 9.17) is 4.74 Å². The molecule has 1 atom stereocenters. The third kappa shape index (κ3) is 9.25. The molecule has 1 unspecified atom stereocenters. The predicted molar refractivity (Wildman–Crippen MR) is 125 cm³/mol. The first-order valence-corrected chi connectivity index (χ1v) is 9.92. The van der Waals surface area contributed by atoms with Gasteiger partial charge in [-0.25, -0.2) is 0 Å². The van der Waals surface area contributed by atoms with E-state index in [-0.39, 0.29) is 24.0 Å². The predicted octanol–water partition coefficient (Wildman–Crippen LogP) is 3.63. The van der Waals surface area contributed by atoms with Crippen LogP contribution in [-0.4, -0.2) is 50.3 Å². The summed E-state index contributed by atoms with van der Waals surface area (Å²) >= 11 is 0. The summed E-state index contributed by atoms with van der Waals surface area (Å²) in [5.74, 6) is 1.61. The Labute approximate surface area is 182 Å². The molecule has 0 spiro atoms. The Morgan fingerprint density at radius 1 is 1.11 bits per heavy atom. The molecular weight excluding hydrogens is 451 g/mol. The van der Waals surface area contributed by atoms with Crippen molar-refractivity contribution in [2.45, 2.75) is 52.7 Å². The number of nitrogens with one attached hydrogen (secondary N) is 2. The highest BCUT2D eigenvalue weighted by Crippen LogP contribution is 2.13. The molecule has 5 nitrogen and oxygen atoms in total. The van der Waals surface area contributed by atoms with Crippen LogP contribution in [0.3, 0.4) is 0 Å². The molecule has 6 heteroatoms. The molecule has 0 aromatic heterocycles. The minimum atomic E-state index is 0. The Balaban J connectivity index is 0.00000364. The summed E-state index contributed by atoms with van der Waals surface area (Å²) in [4.78, 5) is 6.84. The van der Waals surface area contributed by atoms with Crippen molar-refractivity contribution in [1.82, 2.24) is 15.5 Å². The molecule has 0 aliphatic carbocycles. The minimum absolute atomic E-state index is 0. The van der Waals surface area contributed by atoms with Crippen molar-refractivity contribution in [3.8, 4) is 0 Å². The fourth-order valence-corrected chi connectivity index (χ4v) is 3.15. The number of aliphatic imine (C=N–C) groups is 1. The summed E-state index contributed by atoms with van der Waals surface area (Å²) in [5.41, 5.74) is 2.71. The van der Waals surface area contributed by atoms with Crippen molar-refractivity contribution >= 4 is 29.9 Å². The maximum atomic E-state index is 5.45. The Hall–Kier alpha value is -0.860. The fraction of sp³-hybridized carbons (Fsp3) is 0.667. The Bertz CT molecular complexity index is 559. The van der Waals surface area contributed by atoms with E-state index < -0.39 is 0 Å². The standard InChI is InChI=1S/C21H36N4O.HI/c1-17(2)9-10-18(3)24-21(22-4)23-15-19-7-5-6-8-20(19)16-25-11-13-26-14-12-25;/h5-8,17-18H,9-16H2,1-4H3,(H2,22,23,24);1H. The van der Waals surface area contributed by atoms with Crippen molar-refractivity contribution in [2.24, 2.45) is 10.9 Å². The first-order valence-electron chi connectivity index (χ1n) is 9.92. The lowest BCUT2D eigenvalue weighted by molar-refractivity contribution is 0.0341. The lowest BCUT2D eigenvalue weighted by atomic mass is 10.0. The average molecular weight is 488 g/mol. The molecule has 0 amide bonds. The van der Waals surface area contributed by atoms with Gasteiger partial charge in [0.05, 0.1) is 13.2 Å². The smallest absolute Gasteiger partial charge is 0.191 e. The van der Waals surface area contributed by atoms with Crippen LogP contribution < -0.4 is 10.6 Å². The number of nitrogens with zero attached hydrogens (tertiary/aromatic N) is 2. The van der Waals surface area contributed by atoms with E-state index in [1.807, 2.05) is 7.05 Å².